The number of aliphatic hydroxyl groups is 1. The third-order valence-electron chi connectivity index (χ3n) is 3.01. The maximum absolute atomic E-state index is 11.9. The first-order chi connectivity index (χ1) is 11.0. The number of benzene rings is 1. The molecule has 1 amide bonds. The molecule has 2 unspecified atom stereocenters. The minimum atomic E-state index is -3.85. The van der Waals surface area contributed by atoms with Crippen molar-refractivity contribution >= 4 is 16.2 Å². The molecule has 0 fully saturated rings. The monoisotopic (exact) mass is 359 g/mol. The van der Waals surface area contributed by atoms with Gasteiger partial charge in [-0.2, -0.15) is 8.42 Å². The quantitative estimate of drug-likeness (QED) is 0.723. The van der Waals surface area contributed by atoms with E-state index in [0.29, 0.717) is 0 Å². The lowest BCUT2D eigenvalue weighted by atomic mass is 10.1. The maximum atomic E-state index is 11.9. The SMILES string of the molecule is CC(NC(=O)OC(C)(C)C)C(O)CCOS(=O)(=O)c1ccccc1. The summed E-state index contributed by atoms with van der Waals surface area (Å²) in [6.07, 6.45) is -1.57. The van der Waals surface area contributed by atoms with Crippen molar-refractivity contribution in [1.29, 1.82) is 0 Å². The second-order valence-corrected chi connectivity index (χ2v) is 8.00. The molecule has 1 aromatic rings. The lowest BCUT2D eigenvalue weighted by Gasteiger charge is -2.24. The highest BCUT2D eigenvalue weighted by atomic mass is 32.2. The van der Waals surface area contributed by atoms with Gasteiger partial charge in [0.2, 0.25) is 0 Å². The minimum absolute atomic E-state index is 0.0447. The number of carbonyl (C=O) groups is 1. The van der Waals surface area contributed by atoms with Gasteiger partial charge in [0.1, 0.15) is 5.60 Å². The van der Waals surface area contributed by atoms with Gasteiger partial charge < -0.3 is 15.2 Å². The molecule has 24 heavy (non-hydrogen) atoms. The average Bonchev–Trinajstić information content (AvgIpc) is 2.45. The van der Waals surface area contributed by atoms with E-state index in [1.165, 1.54) is 12.1 Å². The van der Waals surface area contributed by atoms with Gasteiger partial charge in [0, 0.05) is 6.42 Å². The summed E-state index contributed by atoms with van der Waals surface area (Å²) in [5, 5.41) is 12.5. The van der Waals surface area contributed by atoms with Crippen LogP contribution in [-0.2, 0) is 19.0 Å². The summed E-state index contributed by atoms with van der Waals surface area (Å²) in [7, 11) is -3.85. The molecule has 0 bridgehead atoms. The van der Waals surface area contributed by atoms with Crippen molar-refractivity contribution in [1.82, 2.24) is 5.32 Å². The highest BCUT2D eigenvalue weighted by Gasteiger charge is 2.22. The molecule has 0 aliphatic heterocycles. The summed E-state index contributed by atoms with van der Waals surface area (Å²) in [6.45, 7) is 6.60. The zero-order valence-corrected chi connectivity index (χ0v) is 15.2. The van der Waals surface area contributed by atoms with E-state index in [9.17, 15) is 18.3 Å². The van der Waals surface area contributed by atoms with Crippen LogP contribution in [0.25, 0.3) is 0 Å². The van der Waals surface area contributed by atoms with Gasteiger partial charge in [0.15, 0.2) is 0 Å². The highest BCUT2D eigenvalue weighted by Crippen LogP contribution is 2.12. The fraction of sp³-hybridized carbons (Fsp3) is 0.562. The lowest BCUT2D eigenvalue weighted by Crippen LogP contribution is -2.44. The van der Waals surface area contributed by atoms with E-state index in [0.717, 1.165) is 0 Å². The largest absolute Gasteiger partial charge is 0.444 e. The Kier molecular flexibility index (Phi) is 7.19. The summed E-state index contributed by atoms with van der Waals surface area (Å²) < 4.78 is 33.8. The van der Waals surface area contributed by atoms with Crippen LogP contribution < -0.4 is 5.32 Å². The van der Waals surface area contributed by atoms with Crippen LogP contribution in [0.3, 0.4) is 0 Å². The van der Waals surface area contributed by atoms with E-state index in [1.807, 2.05) is 0 Å². The Morgan fingerprint density at radius 1 is 1.25 bits per heavy atom. The van der Waals surface area contributed by atoms with E-state index in [4.69, 9.17) is 8.92 Å². The predicted molar refractivity (Wildman–Crippen MR) is 89.0 cm³/mol. The Morgan fingerprint density at radius 2 is 1.83 bits per heavy atom. The predicted octanol–water partition coefficient (Wildman–Crippen LogP) is 2.06. The number of hydrogen-bond donors (Lipinski definition) is 2. The zero-order chi connectivity index (χ0) is 18.4. The summed E-state index contributed by atoms with van der Waals surface area (Å²) in [5.74, 6) is 0. The number of rotatable bonds is 7. The smallest absolute Gasteiger partial charge is 0.407 e. The van der Waals surface area contributed by atoms with Gasteiger partial charge in [-0.15, -0.1) is 0 Å². The van der Waals surface area contributed by atoms with E-state index in [1.54, 1.807) is 45.9 Å². The molecule has 2 atom stereocenters. The molecular formula is C16H25NO6S. The van der Waals surface area contributed by atoms with Crippen LogP contribution in [0.2, 0.25) is 0 Å². The molecule has 1 aromatic carbocycles. The Balaban J connectivity index is 2.43. The first-order valence-corrected chi connectivity index (χ1v) is 9.04. The highest BCUT2D eigenvalue weighted by molar-refractivity contribution is 7.86. The van der Waals surface area contributed by atoms with Crippen molar-refractivity contribution in [2.75, 3.05) is 6.61 Å². The number of amides is 1. The summed E-state index contributed by atoms with van der Waals surface area (Å²) in [5.41, 5.74) is -0.637. The molecule has 0 aliphatic rings. The fourth-order valence-electron chi connectivity index (χ4n) is 1.77. The first-order valence-electron chi connectivity index (χ1n) is 7.63. The Bertz CT molecular complexity index is 624. The molecule has 1 rings (SSSR count). The second-order valence-electron chi connectivity index (χ2n) is 6.38. The molecular weight excluding hydrogens is 334 g/mol. The van der Waals surface area contributed by atoms with E-state index >= 15 is 0 Å². The first kappa shape index (κ1) is 20.4. The van der Waals surface area contributed by atoms with Crippen LogP contribution in [-0.4, -0.2) is 44.0 Å². The van der Waals surface area contributed by atoms with Gasteiger partial charge in [-0.25, -0.2) is 4.79 Å². The van der Waals surface area contributed by atoms with Crippen molar-refractivity contribution in [2.24, 2.45) is 0 Å². The number of ether oxygens (including phenoxy) is 1. The van der Waals surface area contributed by atoms with Gasteiger partial charge >= 0.3 is 6.09 Å². The van der Waals surface area contributed by atoms with E-state index < -0.39 is 34.0 Å². The minimum Gasteiger partial charge on any atom is -0.444 e. The van der Waals surface area contributed by atoms with Crippen molar-refractivity contribution in [3.05, 3.63) is 30.3 Å². The topological polar surface area (TPSA) is 102 Å². The number of hydrogen-bond acceptors (Lipinski definition) is 6. The number of nitrogens with one attached hydrogen (secondary N) is 1. The van der Waals surface area contributed by atoms with Crippen LogP contribution in [0.15, 0.2) is 35.2 Å². The Labute approximate surface area is 143 Å². The zero-order valence-electron chi connectivity index (χ0n) is 14.4. The van der Waals surface area contributed by atoms with Crippen LogP contribution in [0.5, 0.6) is 0 Å². The third-order valence-corrected chi connectivity index (χ3v) is 4.33. The molecule has 0 radical (unpaired) electrons. The van der Waals surface area contributed by atoms with Gasteiger partial charge in [-0.1, -0.05) is 18.2 Å². The van der Waals surface area contributed by atoms with Crippen LogP contribution in [0, 0.1) is 0 Å². The van der Waals surface area contributed by atoms with Crippen LogP contribution >= 0.6 is 0 Å². The number of aliphatic hydroxyl groups excluding tert-OH is 1. The number of carbonyl (C=O) groups excluding carboxylic acids is 1. The fourth-order valence-corrected chi connectivity index (χ4v) is 2.72. The molecule has 0 aliphatic carbocycles. The Hall–Kier alpha value is -1.64. The van der Waals surface area contributed by atoms with E-state index in [2.05, 4.69) is 5.32 Å². The molecule has 0 saturated heterocycles. The molecule has 0 saturated carbocycles. The molecule has 7 nitrogen and oxygen atoms in total. The Morgan fingerprint density at radius 3 is 2.38 bits per heavy atom. The van der Waals surface area contributed by atoms with Crippen molar-refractivity contribution < 1.29 is 27.2 Å². The average molecular weight is 359 g/mol. The lowest BCUT2D eigenvalue weighted by molar-refractivity contribution is 0.0414. The normalized spacial score (nSPS) is 14.7. The van der Waals surface area contributed by atoms with Crippen molar-refractivity contribution in [3.63, 3.8) is 0 Å². The summed E-state index contributed by atoms with van der Waals surface area (Å²) in [6, 6.07) is 7.14. The molecule has 136 valence electrons. The van der Waals surface area contributed by atoms with Gasteiger partial charge in [0.05, 0.1) is 23.6 Å². The second kappa shape index (κ2) is 8.46. The standard InChI is InChI=1S/C16H25NO6S/c1-12(17-15(19)23-16(2,3)4)14(18)10-11-22-24(20,21)13-8-6-5-7-9-13/h5-9,12,14,18H,10-11H2,1-4H3,(H,17,19). The third kappa shape index (κ3) is 7.29. The van der Waals surface area contributed by atoms with Crippen molar-refractivity contribution in [3.8, 4) is 0 Å². The number of alkyl carbamates (subject to hydrolysis) is 1. The van der Waals surface area contributed by atoms with Gasteiger partial charge in [-0.05, 0) is 39.8 Å². The van der Waals surface area contributed by atoms with Gasteiger partial charge in [-0.3, -0.25) is 4.18 Å². The molecule has 0 spiro atoms. The van der Waals surface area contributed by atoms with Crippen LogP contribution in [0.4, 0.5) is 4.79 Å². The van der Waals surface area contributed by atoms with E-state index in [-0.39, 0.29) is 17.9 Å². The molecule has 8 heteroatoms. The van der Waals surface area contributed by atoms with Crippen molar-refractivity contribution in [2.45, 2.75) is 56.8 Å². The maximum Gasteiger partial charge on any atom is 0.407 e. The van der Waals surface area contributed by atoms with Gasteiger partial charge in [0.25, 0.3) is 10.1 Å². The molecule has 0 aromatic heterocycles. The summed E-state index contributed by atoms with van der Waals surface area (Å²) >= 11 is 0. The molecule has 2 N–H and O–H groups in total. The summed E-state index contributed by atoms with van der Waals surface area (Å²) in [4.78, 5) is 11.7. The molecule has 0 heterocycles. The van der Waals surface area contributed by atoms with Crippen LogP contribution in [0.1, 0.15) is 34.1 Å².